The number of nitrogens with two attached hydrogens (primary N) is 1. The van der Waals surface area contributed by atoms with Gasteiger partial charge in [-0.05, 0) is 25.9 Å². The molecule has 0 aromatic carbocycles. The summed E-state index contributed by atoms with van der Waals surface area (Å²) in [7, 11) is 0. The van der Waals surface area contributed by atoms with Crippen LogP contribution in [0.25, 0.3) is 0 Å². The van der Waals surface area contributed by atoms with Gasteiger partial charge in [0, 0.05) is 26.2 Å². The lowest BCUT2D eigenvalue weighted by Crippen LogP contribution is -2.45. The zero-order chi connectivity index (χ0) is 17.5. The minimum absolute atomic E-state index is 0. The maximum Gasteiger partial charge on any atom is 0.390 e. The van der Waals surface area contributed by atoms with Crippen molar-refractivity contribution < 1.29 is 22.7 Å². The van der Waals surface area contributed by atoms with Gasteiger partial charge >= 0.3 is 6.18 Å². The van der Waals surface area contributed by atoms with Crippen LogP contribution < -0.4 is 5.73 Å². The zero-order valence-electron chi connectivity index (χ0n) is 14.8. The van der Waals surface area contributed by atoms with Crippen LogP contribution in [0.4, 0.5) is 13.2 Å². The minimum atomic E-state index is -4.27. The van der Waals surface area contributed by atoms with E-state index in [9.17, 15) is 18.0 Å². The highest BCUT2D eigenvalue weighted by Crippen LogP contribution is 2.23. The van der Waals surface area contributed by atoms with Gasteiger partial charge in [0.25, 0.3) is 5.91 Å². The molecule has 5 nitrogen and oxygen atoms in total. The average molecular weight is 412 g/mol. The van der Waals surface area contributed by atoms with Gasteiger partial charge < -0.3 is 20.3 Å². The molecule has 1 aliphatic heterocycles. The van der Waals surface area contributed by atoms with E-state index >= 15 is 0 Å². The quantitative estimate of drug-likeness (QED) is 0.632. The van der Waals surface area contributed by atoms with E-state index in [4.69, 9.17) is 10.5 Å². The number of hydrogen-bond donors (Lipinski definition) is 1. The molecule has 1 amide bonds. The SMILES string of the molecule is CCN(CC)CCN(CCC(F)(F)F)C(=O)[C@@H]1CC[C@H](CN)O1.Cl.Cl. The van der Waals surface area contributed by atoms with Crippen LogP contribution in [-0.4, -0.2) is 73.4 Å². The fourth-order valence-electron chi connectivity index (χ4n) is 2.66. The van der Waals surface area contributed by atoms with Gasteiger partial charge in [0.1, 0.15) is 6.10 Å². The van der Waals surface area contributed by atoms with Crippen LogP contribution >= 0.6 is 24.8 Å². The standard InChI is InChI=1S/C15H28F3N3O2.2ClH/c1-3-20(4-2)9-10-21(8-7-15(16,17)18)14(22)13-6-5-12(11-19)23-13;;/h12-13H,3-11,19H2,1-2H3;2*1H/t12-,13+;;/m1../s1. The summed E-state index contributed by atoms with van der Waals surface area (Å²) in [5.74, 6) is -0.350. The van der Waals surface area contributed by atoms with Crippen molar-refractivity contribution in [1.82, 2.24) is 9.80 Å². The predicted octanol–water partition coefficient (Wildman–Crippen LogP) is 2.46. The number of nitrogens with zero attached hydrogens (tertiary/aromatic N) is 2. The lowest BCUT2D eigenvalue weighted by molar-refractivity contribution is -0.152. The summed E-state index contributed by atoms with van der Waals surface area (Å²) in [6, 6.07) is 0. The molecule has 1 fully saturated rings. The number of amides is 1. The fourth-order valence-corrected chi connectivity index (χ4v) is 2.66. The van der Waals surface area contributed by atoms with E-state index in [0.29, 0.717) is 25.9 Å². The monoisotopic (exact) mass is 411 g/mol. The van der Waals surface area contributed by atoms with E-state index in [1.54, 1.807) is 0 Å². The summed E-state index contributed by atoms with van der Waals surface area (Å²) in [5.41, 5.74) is 5.52. The van der Waals surface area contributed by atoms with Gasteiger partial charge in [0.15, 0.2) is 0 Å². The number of carbonyl (C=O) groups excluding carboxylic acids is 1. The van der Waals surface area contributed by atoms with Crippen LogP contribution in [0.1, 0.15) is 33.1 Å². The van der Waals surface area contributed by atoms with Gasteiger partial charge in [-0.3, -0.25) is 4.79 Å². The van der Waals surface area contributed by atoms with Crippen LogP contribution in [-0.2, 0) is 9.53 Å². The second-order valence-electron chi connectivity index (χ2n) is 5.78. The Hall–Kier alpha value is -0.280. The van der Waals surface area contributed by atoms with Crippen molar-refractivity contribution in [2.75, 3.05) is 39.3 Å². The summed E-state index contributed by atoms with van der Waals surface area (Å²) >= 11 is 0. The van der Waals surface area contributed by atoms with E-state index in [1.165, 1.54) is 4.90 Å². The highest BCUT2D eigenvalue weighted by Gasteiger charge is 2.35. The zero-order valence-corrected chi connectivity index (χ0v) is 16.4. The second kappa shape index (κ2) is 13.0. The molecule has 0 radical (unpaired) electrons. The molecule has 0 spiro atoms. The van der Waals surface area contributed by atoms with Gasteiger partial charge in [-0.15, -0.1) is 24.8 Å². The van der Waals surface area contributed by atoms with Crippen molar-refractivity contribution in [2.24, 2.45) is 5.73 Å². The van der Waals surface area contributed by atoms with E-state index in [0.717, 1.165) is 13.1 Å². The van der Waals surface area contributed by atoms with Crippen LogP contribution in [0, 0.1) is 0 Å². The maximum atomic E-state index is 12.5. The van der Waals surface area contributed by atoms with Gasteiger partial charge in [-0.2, -0.15) is 13.2 Å². The molecular weight excluding hydrogens is 382 g/mol. The molecule has 1 heterocycles. The Kier molecular flexibility index (Phi) is 14.0. The first kappa shape index (κ1) is 26.9. The first-order valence-electron chi connectivity index (χ1n) is 8.24. The van der Waals surface area contributed by atoms with Crippen molar-refractivity contribution in [1.29, 1.82) is 0 Å². The summed E-state index contributed by atoms with van der Waals surface area (Å²) in [4.78, 5) is 15.8. The van der Waals surface area contributed by atoms with Crippen LogP contribution in [0.5, 0.6) is 0 Å². The van der Waals surface area contributed by atoms with Crippen LogP contribution in [0.3, 0.4) is 0 Å². The average Bonchev–Trinajstić information content (AvgIpc) is 2.98. The first-order chi connectivity index (χ1) is 10.8. The number of likely N-dealkylation sites (N-methyl/N-ethyl adjacent to an activating group) is 1. The van der Waals surface area contributed by atoms with Gasteiger partial charge in [-0.1, -0.05) is 13.8 Å². The van der Waals surface area contributed by atoms with E-state index in [-0.39, 0.29) is 49.9 Å². The molecule has 2 N–H and O–H groups in total. The Morgan fingerprint density at radius 1 is 1.12 bits per heavy atom. The van der Waals surface area contributed by atoms with Crippen molar-refractivity contribution in [3.05, 3.63) is 0 Å². The molecular formula is C15H30Cl2F3N3O2. The molecule has 1 rings (SSSR count). The number of rotatable bonds is 9. The van der Waals surface area contributed by atoms with Crippen molar-refractivity contribution in [3.63, 3.8) is 0 Å². The molecule has 25 heavy (non-hydrogen) atoms. The largest absolute Gasteiger partial charge is 0.390 e. The second-order valence-corrected chi connectivity index (χ2v) is 5.78. The number of alkyl halides is 3. The molecule has 0 bridgehead atoms. The number of halogens is 5. The van der Waals surface area contributed by atoms with Crippen molar-refractivity contribution in [2.45, 2.75) is 51.5 Å². The van der Waals surface area contributed by atoms with Crippen molar-refractivity contribution >= 4 is 30.7 Å². The van der Waals surface area contributed by atoms with Crippen LogP contribution in [0.15, 0.2) is 0 Å². The molecule has 10 heteroatoms. The minimum Gasteiger partial charge on any atom is -0.364 e. The Bertz CT molecular complexity index is 372. The predicted molar refractivity (Wildman–Crippen MR) is 96.5 cm³/mol. The van der Waals surface area contributed by atoms with Crippen molar-refractivity contribution in [3.8, 4) is 0 Å². The summed E-state index contributed by atoms with van der Waals surface area (Å²) < 4.78 is 43.1. The molecule has 0 saturated carbocycles. The maximum absolute atomic E-state index is 12.5. The van der Waals surface area contributed by atoms with Gasteiger partial charge in [0.2, 0.25) is 0 Å². The molecule has 2 atom stereocenters. The number of hydrogen-bond acceptors (Lipinski definition) is 4. The van der Waals surface area contributed by atoms with E-state index in [1.807, 2.05) is 13.8 Å². The molecule has 1 saturated heterocycles. The van der Waals surface area contributed by atoms with Gasteiger partial charge in [-0.25, -0.2) is 0 Å². The molecule has 0 aromatic heterocycles. The molecule has 152 valence electrons. The molecule has 0 aliphatic carbocycles. The highest BCUT2D eigenvalue weighted by molar-refractivity contribution is 5.85. The third kappa shape index (κ3) is 9.84. The summed E-state index contributed by atoms with van der Waals surface area (Å²) in [6.07, 6.45) is -4.90. The summed E-state index contributed by atoms with van der Waals surface area (Å²) in [5, 5.41) is 0. The van der Waals surface area contributed by atoms with E-state index < -0.39 is 18.7 Å². The summed E-state index contributed by atoms with van der Waals surface area (Å²) in [6.45, 7) is 6.41. The molecule has 0 unspecified atom stereocenters. The first-order valence-corrected chi connectivity index (χ1v) is 8.24. The third-order valence-corrected chi connectivity index (χ3v) is 4.20. The Morgan fingerprint density at radius 3 is 2.16 bits per heavy atom. The lowest BCUT2D eigenvalue weighted by atomic mass is 10.1. The highest BCUT2D eigenvalue weighted by atomic mass is 35.5. The Labute approximate surface area is 160 Å². The Balaban J connectivity index is 0. The lowest BCUT2D eigenvalue weighted by Gasteiger charge is -2.29. The van der Waals surface area contributed by atoms with Gasteiger partial charge in [0.05, 0.1) is 12.5 Å². The number of carbonyl (C=O) groups is 1. The topological polar surface area (TPSA) is 58.8 Å². The third-order valence-electron chi connectivity index (χ3n) is 4.20. The molecule has 1 aliphatic rings. The Morgan fingerprint density at radius 2 is 1.72 bits per heavy atom. The smallest absolute Gasteiger partial charge is 0.364 e. The normalized spacial score (nSPS) is 20.1. The van der Waals surface area contributed by atoms with E-state index in [2.05, 4.69) is 4.90 Å². The van der Waals surface area contributed by atoms with Crippen LogP contribution in [0.2, 0.25) is 0 Å². The fraction of sp³-hybridized carbons (Fsp3) is 0.933. The number of ether oxygens (including phenoxy) is 1. The molecule has 0 aromatic rings.